The van der Waals surface area contributed by atoms with E-state index in [0.717, 1.165) is 34.1 Å². The molecule has 2 heteroatoms. The highest BCUT2D eigenvalue weighted by Gasteiger charge is 2.13. The van der Waals surface area contributed by atoms with Gasteiger partial charge in [-0.3, -0.25) is 0 Å². The minimum Gasteiger partial charge on any atom is -0.311 e. The van der Waals surface area contributed by atoms with E-state index in [2.05, 4.69) is 277 Å². The second-order valence-electron chi connectivity index (χ2n) is 14.7. The lowest BCUT2D eigenvalue weighted by Gasteiger charge is -2.25. The predicted octanol–water partition coefficient (Wildman–Crippen LogP) is 16.3. The standard InChI is InChI=1S/C58H44N2/c1-5-13-53(14-6-1)59(54-15-7-2-8-16-54)57-41-37-51(38-42-57)49-33-29-47(30-34-49)27-25-45-21-23-46(24-22-45)26-28-48-31-35-50(36-32-48)52-39-43-58(44-40-52)60(55-17-9-3-10-18-55)56-19-11-4-12-20-56/h1-44H/b27-25+,28-26+. The minimum atomic E-state index is 1.13. The molecule has 0 saturated heterocycles. The summed E-state index contributed by atoms with van der Waals surface area (Å²) in [5.74, 6) is 0. The largest absolute Gasteiger partial charge is 0.311 e. The second-order valence-corrected chi connectivity index (χ2v) is 14.7. The fourth-order valence-corrected chi connectivity index (χ4v) is 7.49. The van der Waals surface area contributed by atoms with Crippen LogP contribution in [0.4, 0.5) is 34.1 Å². The quantitative estimate of drug-likeness (QED) is 0.114. The molecule has 0 saturated carbocycles. The summed E-state index contributed by atoms with van der Waals surface area (Å²) in [5.41, 5.74) is 16.2. The third-order valence-electron chi connectivity index (χ3n) is 10.7. The summed E-state index contributed by atoms with van der Waals surface area (Å²) >= 11 is 0. The third kappa shape index (κ3) is 8.95. The zero-order valence-corrected chi connectivity index (χ0v) is 33.3. The van der Waals surface area contributed by atoms with Crippen molar-refractivity contribution in [1.29, 1.82) is 0 Å². The molecule has 9 aromatic carbocycles. The molecule has 0 atom stereocenters. The monoisotopic (exact) mass is 768 g/mol. The van der Waals surface area contributed by atoms with Crippen LogP contribution in [0.5, 0.6) is 0 Å². The minimum absolute atomic E-state index is 1.13. The number of benzene rings is 9. The average molecular weight is 769 g/mol. The van der Waals surface area contributed by atoms with E-state index in [1.54, 1.807) is 0 Å². The third-order valence-corrected chi connectivity index (χ3v) is 10.7. The molecule has 0 heterocycles. The highest BCUT2D eigenvalue weighted by Crippen LogP contribution is 2.37. The van der Waals surface area contributed by atoms with Crippen molar-refractivity contribution in [3.8, 4) is 22.3 Å². The van der Waals surface area contributed by atoms with Crippen LogP contribution in [0.25, 0.3) is 46.6 Å². The van der Waals surface area contributed by atoms with E-state index in [4.69, 9.17) is 0 Å². The van der Waals surface area contributed by atoms with E-state index in [-0.39, 0.29) is 0 Å². The molecule has 0 unspecified atom stereocenters. The van der Waals surface area contributed by atoms with Crippen molar-refractivity contribution in [2.24, 2.45) is 0 Å². The second kappa shape index (κ2) is 18.1. The zero-order valence-electron chi connectivity index (χ0n) is 33.3. The molecule has 9 aromatic rings. The van der Waals surface area contributed by atoms with E-state index >= 15 is 0 Å². The van der Waals surface area contributed by atoms with Crippen LogP contribution in [-0.4, -0.2) is 0 Å². The van der Waals surface area contributed by atoms with Crippen LogP contribution in [0, 0.1) is 0 Å². The zero-order chi connectivity index (χ0) is 40.4. The molecule has 0 N–H and O–H groups in total. The molecule has 286 valence electrons. The van der Waals surface area contributed by atoms with E-state index in [0.29, 0.717) is 0 Å². The number of hydrogen-bond donors (Lipinski definition) is 0. The summed E-state index contributed by atoms with van der Waals surface area (Å²) in [7, 11) is 0. The molecule has 0 aromatic heterocycles. The van der Waals surface area contributed by atoms with Crippen LogP contribution < -0.4 is 9.80 Å². The molecule has 9 rings (SSSR count). The Balaban J connectivity index is 0.810. The maximum absolute atomic E-state index is 2.28. The fraction of sp³-hybridized carbons (Fsp3) is 0. The topological polar surface area (TPSA) is 6.48 Å². The van der Waals surface area contributed by atoms with Crippen LogP contribution in [0.1, 0.15) is 22.3 Å². The van der Waals surface area contributed by atoms with Crippen LogP contribution in [0.3, 0.4) is 0 Å². The Hall–Kier alpha value is -7.94. The number of anilines is 6. The molecule has 0 aliphatic carbocycles. The SMILES string of the molecule is C(=C\c1ccc(-c2ccc(N(c3ccccc3)c3ccccc3)cc2)cc1)/c1ccc(/C=C/c2ccc(-c3ccc(N(c4ccccc4)c4ccccc4)cc3)cc2)cc1. The van der Waals surface area contributed by atoms with Gasteiger partial charge in [-0.1, -0.05) is 194 Å². The van der Waals surface area contributed by atoms with Gasteiger partial charge in [0, 0.05) is 34.1 Å². The first kappa shape index (κ1) is 37.6. The van der Waals surface area contributed by atoms with Gasteiger partial charge in [0.2, 0.25) is 0 Å². The smallest absolute Gasteiger partial charge is 0.0462 e. The van der Waals surface area contributed by atoms with Gasteiger partial charge in [0.15, 0.2) is 0 Å². The molecule has 0 spiro atoms. The van der Waals surface area contributed by atoms with Gasteiger partial charge in [0.05, 0.1) is 0 Å². The maximum atomic E-state index is 2.28. The van der Waals surface area contributed by atoms with Crippen molar-refractivity contribution >= 4 is 58.4 Å². The molecule has 0 radical (unpaired) electrons. The lowest BCUT2D eigenvalue weighted by atomic mass is 10.0. The van der Waals surface area contributed by atoms with Gasteiger partial charge in [0.25, 0.3) is 0 Å². The number of hydrogen-bond acceptors (Lipinski definition) is 2. The van der Waals surface area contributed by atoms with Crippen molar-refractivity contribution in [3.05, 3.63) is 265 Å². The van der Waals surface area contributed by atoms with Crippen LogP contribution in [0.2, 0.25) is 0 Å². The van der Waals surface area contributed by atoms with Gasteiger partial charge in [0.1, 0.15) is 0 Å². The lowest BCUT2D eigenvalue weighted by molar-refractivity contribution is 1.28. The Morgan fingerprint density at radius 1 is 0.183 bits per heavy atom. The highest BCUT2D eigenvalue weighted by molar-refractivity contribution is 5.81. The Bertz CT molecular complexity index is 2500. The summed E-state index contributed by atoms with van der Waals surface area (Å²) in [4.78, 5) is 4.57. The first-order valence-electron chi connectivity index (χ1n) is 20.4. The summed E-state index contributed by atoms with van der Waals surface area (Å²) in [6.07, 6.45) is 8.69. The summed E-state index contributed by atoms with van der Waals surface area (Å²) in [5, 5.41) is 0. The van der Waals surface area contributed by atoms with Crippen molar-refractivity contribution < 1.29 is 0 Å². The first-order chi connectivity index (χ1) is 29.7. The first-order valence-corrected chi connectivity index (χ1v) is 20.4. The van der Waals surface area contributed by atoms with E-state index in [1.165, 1.54) is 44.5 Å². The van der Waals surface area contributed by atoms with Crippen molar-refractivity contribution in [1.82, 2.24) is 0 Å². The van der Waals surface area contributed by atoms with Crippen LogP contribution in [-0.2, 0) is 0 Å². The molecule has 60 heavy (non-hydrogen) atoms. The molecule has 0 aliphatic rings. The van der Waals surface area contributed by atoms with Gasteiger partial charge >= 0.3 is 0 Å². The summed E-state index contributed by atoms with van der Waals surface area (Å²) in [6, 6.07) is 85.9. The van der Waals surface area contributed by atoms with Gasteiger partial charge in [-0.25, -0.2) is 0 Å². The normalized spacial score (nSPS) is 11.2. The highest BCUT2D eigenvalue weighted by atomic mass is 15.1. The summed E-state index contributed by atoms with van der Waals surface area (Å²) < 4.78 is 0. The molecule has 0 aliphatic heterocycles. The van der Waals surface area contributed by atoms with E-state index in [1.807, 2.05) is 0 Å². The molecular formula is C58H44N2. The molecule has 0 bridgehead atoms. The molecule has 0 amide bonds. The Labute approximate surface area is 353 Å². The predicted molar refractivity (Wildman–Crippen MR) is 257 cm³/mol. The van der Waals surface area contributed by atoms with Crippen LogP contribution in [0.15, 0.2) is 243 Å². The van der Waals surface area contributed by atoms with E-state index < -0.39 is 0 Å². The average Bonchev–Trinajstić information content (AvgIpc) is 3.33. The molecule has 2 nitrogen and oxygen atoms in total. The number of rotatable bonds is 12. The van der Waals surface area contributed by atoms with Gasteiger partial charge in [-0.05, 0) is 117 Å². The van der Waals surface area contributed by atoms with Gasteiger partial charge in [-0.2, -0.15) is 0 Å². The molecule has 0 fully saturated rings. The number of nitrogens with zero attached hydrogens (tertiary/aromatic N) is 2. The van der Waals surface area contributed by atoms with Crippen molar-refractivity contribution in [2.45, 2.75) is 0 Å². The van der Waals surface area contributed by atoms with Crippen molar-refractivity contribution in [3.63, 3.8) is 0 Å². The molecular weight excluding hydrogens is 725 g/mol. The van der Waals surface area contributed by atoms with E-state index in [9.17, 15) is 0 Å². The lowest BCUT2D eigenvalue weighted by Crippen LogP contribution is -2.09. The fourth-order valence-electron chi connectivity index (χ4n) is 7.49. The van der Waals surface area contributed by atoms with Gasteiger partial charge in [-0.15, -0.1) is 0 Å². The number of para-hydroxylation sites is 4. The van der Waals surface area contributed by atoms with Gasteiger partial charge < -0.3 is 9.80 Å². The Morgan fingerprint density at radius 2 is 0.367 bits per heavy atom. The summed E-state index contributed by atoms with van der Waals surface area (Å²) in [6.45, 7) is 0. The Morgan fingerprint density at radius 3 is 0.600 bits per heavy atom. The van der Waals surface area contributed by atoms with Crippen molar-refractivity contribution in [2.75, 3.05) is 9.80 Å². The van der Waals surface area contributed by atoms with Crippen LogP contribution >= 0.6 is 0 Å². The Kier molecular flexibility index (Phi) is 11.4. The maximum Gasteiger partial charge on any atom is 0.0462 e.